The summed E-state index contributed by atoms with van der Waals surface area (Å²) in [5, 5.41) is 0. The summed E-state index contributed by atoms with van der Waals surface area (Å²) in [5.41, 5.74) is 7.43. The predicted molar refractivity (Wildman–Crippen MR) is 215 cm³/mol. The monoisotopic (exact) mass is 727 g/mol. The van der Waals surface area contributed by atoms with Crippen LogP contribution in [0.25, 0.3) is 11.1 Å². The van der Waals surface area contributed by atoms with Crippen LogP contribution in [0.15, 0.2) is 67.3 Å². The van der Waals surface area contributed by atoms with E-state index in [1.807, 2.05) is 60.6 Å². The highest BCUT2D eigenvalue weighted by molar-refractivity contribution is 5.88. The van der Waals surface area contributed by atoms with Crippen LogP contribution in [-0.2, 0) is 32.1 Å². The van der Waals surface area contributed by atoms with Gasteiger partial charge in [0, 0.05) is 55.2 Å². The Morgan fingerprint density at radius 2 is 1.68 bits per heavy atom. The molecule has 1 fully saturated rings. The molecule has 1 aliphatic rings. The quantitative estimate of drug-likeness (QED) is 0.101. The van der Waals surface area contributed by atoms with Crippen molar-refractivity contribution in [3.63, 3.8) is 0 Å². The number of hydrogen-bond acceptors (Lipinski definition) is 7. The predicted octanol–water partition coefficient (Wildman–Crippen LogP) is 10.2. The van der Waals surface area contributed by atoms with Crippen LogP contribution in [0.3, 0.4) is 0 Å². The van der Waals surface area contributed by atoms with Crippen molar-refractivity contribution in [3.05, 3.63) is 107 Å². The van der Waals surface area contributed by atoms with E-state index >= 15 is 0 Å². The lowest BCUT2D eigenvalue weighted by Gasteiger charge is -2.42. The molecule has 0 saturated carbocycles. The zero-order valence-corrected chi connectivity index (χ0v) is 33.7. The lowest BCUT2D eigenvalue weighted by atomic mass is 9.89. The SMILES string of the molecule is C=CCOC1(C)CCN(c2c(-c3ccc(CN(CC/C=C\CC)Cc4ccc(F)c(C)c4)cc3)c(C)nc(C)c2[C@H](OC(C)(C)C)C(=O)OCC)CC1. The number of nitrogens with zero attached hydrogens (tertiary/aromatic N) is 3. The van der Waals surface area contributed by atoms with Gasteiger partial charge in [0.2, 0.25) is 0 Å². The molecule has 8 heteroatoms. The van der Waals surface area contributed by atoms with Crippen LogP contribution in [0.4, 0.5) is 10.1 Å². The number of piperidine rings is 1. The zero-order valence-electron chi connectivity index (χ0n) is 33.7. The number of halogens is 1. The Kier molecular flexibility index (Phi) is 15.0. The van der Waals surface area contributed by atoms with E-state index in [1.54, 1.807) is 12.1 Å². The van der Waals surface area contributed by atoms with Crippen LogP contribution in [-0.4, -0.2) is 59.9 Å². The van der Waals surface area contributed by atoms with E-state index in [0.717, 1.165) is 97.7 Å². The average Bonchev–Trinajstić information content (AvgIpc) is 3.10. The summed E-state index contributed by atoms with van der Waals surface area (Å²) < 4.78 is 32.5. The second-order valence-corrected chi connectivity index (χ2v) is 15.5. The second-order valence-electron chi connectivity index (χ2n) is 15.5. The Labute approximate surface area is 318 Å². The molecule has 288 valence electrons. The number of anilines is 1. The topological polar surface area (TPSA) is 64.1 Å². The Bertz CT molecular complexity index is 1700. The third-order valence-electron chi connectivity index (χ3n) is 9.79. The van der Waals surface area contributed by atoms with Crippen LogP contribution in [0.1, 0.15) is 107 Å². The van der Waals surface area contributed by atoms with Gasteiger partial charge in [-0.15, -0.1) is 6.58 Å². The van der Waals surface area contributed by atoms with Gasteiger partial charge in [0.25, 0.3) is 0 Å². The van der Waals surface area contributed by atoms with E-state index in [9.17, 15) is 9.18 Å². The Hall–Kier alpha value is -3.85. The zero-order chi connectivity index (χ0) is 38.8. The molecule has 1 aliphatic heterocycles. The number of aromatic nitrogens is 1. The molecule has 0 amide bonds. The van der Waals surface area contributed by atoms with E-state index in [2.05, 4.69) is 66.6 Å². The number of benzene rings is 2. The van der Waals surface area contributed by atoms with Crippen molar-refractivity contribution in [1.29, 1.82) is 0 Å². The Balaban J connectivity index is 1.77. The summed E-state index contributed by atoms with van der Waals surface area (Å²) in [4.78, 5) is 23.6. The first-order valence-electron chi connectivity index (χ1n) is 19.3. The molecule has 1 atom stereocenters. The largest absolute Gasteiger partial charge is 0.464 e. The van der Waals surface area contributed by atoms with Crippen LogP contribution in [0.2, 0.25) is 0 Å². The molecule has 1 aromatic heterocycles. The number of hydrogen-bond donors (Lipinski definition) is 0. The molecule has 2 aromatic carbocycles. The highest BCUT2D eigenvalue weighted by atomic mass is 19.1. The van der Waals surface area contributed by atoms with Gasteiger partial charge < -0.3 is 19.1 Å². The summed E-state index contributed by atoms with van der Waals surface area (Å²) in [6.45, 7) is 26.3. The molecule has 0 bridgehead atoms. The number of aryl methyl sites for hydroxylation is 3. The van der Waals surface area contributed by atoms with Crippen molar-refractivity contribution >= 4 is 11.7 Å². The summed E-state index contributed by atoms with van der Waals surface area (Å²) in [6.07, 6.45) is 8.88. The number of rotatable bonds is 17. The minimum absolute atomic E-state index is 0.177. The number of pyridine rings is 1. The van der Waals surface area contributed by atoms with Gasteiger partial charge in [-0.05, 0) is 109 Å². The first-order chi connectivity index (χ1) is 25.2. The van der Waals surface area contributed by atoms with E-state index in [0.29, 0.717) is 12.2 Å². The van der Waals surface area contributed by atoms with Crippen molar-refractivity contribution < 1.29 is 23.4 Å². The molecule has 7 nitrogen and oxygen atoms in total. The Morgan fingerprint density at radius 1 is 1.02 bits per heavy atom. The van der Waals surface area contributed by atoms with Crippen molar-refractivity contribution in [1.82, 2.24) is 9.88 Å². The van der Waals surface area contributed by atoms with E-state index in [1.165, 1.54) is 5.56 Å². The molecule has 1 saturated heterocycles. The fourth-order valence-corrected chi connectivity index (χ4v) is 7.09. The van der Waals surface area contributed by atoms with Crippen LogP contribution in [0.5, 0.6) is 0 Å². The highest BCUT2D eigenvalue weighted by Gasteiger charge is 2.38. The third kappa shape index (κ3) is 11.6. The normalized spacial score (nSPS) is 15.3. The Morgan fingerprint density at radius 3 is 2.28 bits per heavy atom. The molecular formula is C45H62FN3O4. The van der Waals surface area contributed by atoms with Gasteiger partial charge in [-0.25, -0.2) is 9.18 Å². The van der Waals surface area contributed by atoms with Crippen molar-refractivity contribution in [3.8, 4) is 11.1 Å². The second kappa shape index (κ2) is 19.0. The maximum absolute atomic E-state index is 14.1. The molecule has 4 rings (SSSR count). The molecule has 0 unspecified atom stereocenters. The standard InChI is InChI=1S/C45H62FN3O4/c1-11-14-15-16-25-48(31-36-19-22-38(46)32(4)29-36)30-35-17-20-37(21-18-35)39-33(5)47-34(6)40(42(43(50)51-13-3)53-44(7,8)9)41(39)49-26-23-45(10,24-27-49)52-28-12-2/h12,14-15,17-22,29,42H,2,11,13,16,23-28,30-31H2,1,3-10H3/b15-14-/t42-/m0/s1. The summed E-state index contributed by atoms with van der Waals surface area (Å²) in [7, 11) is 0. The van der Waals surface area contributed by atoms with E-state index < -0.39 is 17.7 Å². The fraction of sp³-hybridized carbons (Fsp3) is 0.511. The molecule has 0 N–H and O–H groups in total. The number of carbonyl (C=O) groups excluding carboxylic acids is 1. The lowest BCUT2D eigenvalue weighted by molar-refractivity contribution is -0.166. The summed E-state index contributed by atoms with van der Waals surface area (Å²) >= 11 is 0. The van der Waals surface area contributed by atoms with Crippen molar-refractivity contribution in [2.24, 2.45) is 0 Å². The van der Waals surface area contributed by atoms with Crippen molar-refractivity contribution in [2.45, 2.75) is 118 Å². The number of allylic oxidation sites excluding steroid dienone is 1. The molecule has 2 heterocycles. The number of esters is 1. The average molecular weight is 728 g/mol. The van der Waals surface area contributed by atoms with Gasteiger partial charge in [-0.1, -0.05) is 61.5 Å². The number of ether oxygens (including phenoxy) is 3. The van der Waals surface area contributed by atoms with Gasteiger partial charge in [0.15, 0.2) is 6.10 Å². The molecule has 3 aromatic rings. The molecule has 0 spiro atoms. The molecular weight excluding hydrogens is 666 g/mol. The van der Waals surface area contributed by atoms with E-state index in [-0.39, 0.29) is 18.0 Å². The van der Waals surface area contributed by atoms with Gasteiger partial charge in [-0.2, -0.15) is 0 Å². The first-order valence-corrected chi connectivity index (χ1v) is 19.3. The van der Waals surface area contributed by atoms with Crippen LogP contribution < -0.4 is 4.90 Å². The maximum Gasteiger partial charge on any atom is 0.340 e. The smallest absolute Gasteiger partial charge is 0.340 e. The van der Waals surface area contributed by atoms with Crippen LogP contribution in [0, 0.1) is 26.6 Å². The molecule has 0 aliphatic carbocycles. The van der Waals surface area contributed by atoms with Crippen molar-refractivity contribution in [2.75, 3.05) is 37.7 Å². The highest BCUT2D eigenvalue weighted by Crippen LogP contribution is 2.44. The minimum Gasteiger partial charge on any atom is -0.464 e. The van der Waals surface area contributed by atoms with E-state index in [4.69, 9.17) is 19.2 Å². The summed E-state index contributed by atoms with van der Waals surface area (Å²) in [6, 6.07) is 14.1. The molecule has 53 heavy (non-hydrogen) atoms. The lowest BCUT2D eigenvalue weighted by Crippen LogP contribution is -2.45. The van der Waals surface area contributed by atoms with Crippen LogP contribution >= 0.6 is 0 Å². The van der Waals surface area contributed by atoms with Gasteiger partial charge >= 0.3 is 5.97 Å². The van der Waals surface area contributed by atoms with Gasteiger partial charge in [0.05, 0.1) is 30.1 Å². The van der Waals surface area contributed by atoms with Gasteiger partial charge in [-0.3, -0.25) is 9.88 Å². The third-order valence-corrected chi connectivity index (χ3v) is 9.79. The first kappa shape index (κ1) is 41.9. The number of carbonyl (C=O) groups is 1. The molecule has 0 radical (unpaired) electrons. The minimum atomic E-state index is -0.952. The fourth-order valence-electron chi connectivity index (χ4n) is 7.09. The van der Waals surface area contributed by atoms with Gasteiger partial charge in [0.1, 0.15) is 5.82 Å². The maximum atomic E-state index is 14.1. The summed E-state index contributed by atoms with van der Waals surface area (Å²) in [5.74, 6) is -0.594.